The van der Waals surface area contributed by atoms with E-state index < -0.39 is 0 Å². The van der Waals surface area contributed by atoms with Crippen molar-refractivity contribution in [1.29, 1.82) is 0 Å². The molecule has 132 valence electrons. The summed E-state index contributed by atoms with van der Waals surface area (Å²) in [6, 6.07) is 13.4. The molecule has 1 atom stereocenters. The number of hydrogen-bond acceptors (Lipinski definition) is 3. The Balaban J connectivity index is 1.61. The van der Waals surface area contributed by atoms with Gasteiger partial charge in [-0.05, 0) is 31.0 Å². The van der Waals surface area contributed by atoms with E-state index in [1.165, 1.54) is 0 Å². The number of benzene rings is 1. The molecule has 5 heteroatoms. The molecule has 0 radical (unpaired) electrons. The molecule has 1 aromatic carbocycles. The lowest BCUT2D eigenvalue weighted by Gasteiger charge is -2.36. The van der Waals surface area contributed by atoms with Gasteiger partial charge in [0.2, 0.25) is 5.91 Å². The molecule has 1 fully saturated rings. The van der Waals surface area contributed by atoms with Gasteiger partial charge in [0.05, 0.1) is 5.92 Å². The van der Waals surface area contributed by atoms with Crippen molar-refractivity contribution < 1.29 is 14.0 Å². The van der Waals surface area contributed by atoms with Crippen LogP contribution in [-0.4, -0.2) is 47.8 Å². The van der Waals surface area contributed by atoms with E-state index in [0.29, 0.717) is 31.9 Å². The standard InChI is InChI=1S/C20H24N2O3/c1-3-17(16-7-5-4-6-8-16)19(23)21-11-13-22(14-12-21)20(24)18-10-9-15(2)25-18/h4-10,17H,3,11-14H2,1-2H3/t17-/m0/s1. The molecule has 1 aromatic heterocycles. The van der Waals surface area contributed by atoms with Crippen molar-refractivity contribution in [1.82, 2.24) is 9.80 Å². The Morgan fingerprint density at radius 2 is 1.64 bits per heavy atom. The summed E-state index contributed by atoms with van der Waals surface area (Å²) in [7, 11) is 0. The van der Waals surface area contributed by atoms with Crippen LogP contribution in [0.4, 0.5) is 0 Å². The molecule has 3 rings (SSSR count). The fourth-order valence-corrected chi connectivity index (χ4v) is 3.29. The minimum Gasteiger partial charge on any atom is -0.456 e. The Labute approximate surface area is 148 Å². The van der Waals surface area contributed by atoms with Crippen LogP contribution < -0.4 is 0 Å². The lowest BCUT2D eigenvalue weighted by molar-refractivity contribution is -0.134. The van der Waals surface area contributed by atoms with Crippen LogP contribution in [0.25, 0.3) is 0 Å². The lowest BCUT2D eigenvalue weighted by Crippen LogP contribution is -2.51. The van der Waals surface area contributed by atoms with Gasteiger partial charge in [0.25, 0.3) is 5.91 Å². The van der Waals surface area contributed by atoms with Gasteiger partial charge in [0.1, 0.15) is 5.76 Å². The summed E-state index contributed by atoms with van der Waals surface area (Å²) in [6.45, 7) is 6.06. The summed E-state index contributed by atoms with van der Waals surface area (Å²) in [6.07, 6.45) is 0.771. The second-order valence-corrected chi connectivity index (χ2v) is 6.40. The number of nitrogens with zero attached hydrogens (tertiary/aromatic N) is 2. The van der Waals surface area contributed by atoms with Crippen LogP contribution >= 0.6 is 0 Å². The first-order chi connectivity index (χ1) is 12.1. The molecule has 2 aromatic rings. The predicted octanol–water partition coefficient (Wildman–Crippen LogP) is 3.07. The largest absolute Gasteiger partial charge is 0.456 e. The Kier molecular flexibility index (Phi) is 5.22. The molecule has 2 amide bonds. The number of rotatable bonds is 4. The molecule has 1 saturated heterocycles. The molecule has 0 unspecified atom stereocenters. The van der Waals surface area contributed by atoms with E-state index in [2.05, 4.69) is 0 Å². The van der Waals surface area contributed by atoms with Gasteiger partial charge in [-0.15, -0.1) is 0 Å². The average Bonchev–Trinajstić information content (AvgIpc) is 3.09. The first-order valence-corrected chi connectivity index (χ1v) is 8.79. The SMILES string of the molecule is CC[C@H](C(=O)N1CCN(C(=O)c2ccc(C)o2)CC1)c1ccccc1. The molecular formula is C20H24N2O3. The first kappa shape index (κ1) is 17.3. The fraction of sp³-hybridized carbons (Fsp3) is 0.400. The highest BCUT2D eigenvalue weighted by Crippen LogP contribution is 2.23. The van der Waals surface area contributed by atoms with E-state index in [0.717, 1.165) is 17.7 Å². The van der Waals surface area contributed by atoms with Gasteiger partial charge in [0.15, 0.2) is 5.76 Å². The van der Waals surface area contributed by atoms with Crippen LogP contribution in [0, 0.1) is 6.92 Å². The third kappa shape index (κ3) is 3.76. The normalized spacial score (nSPS) is 15.9. The van der Waals surface area contributed by atoms with E-state index in [1.807, 2.05) is 49.1 Å². The number of furan rings is 1. The highest BCUT2D eigenvalue weighted by Gasteiger charge is 2.29. The zero-order valence-electron chi connectivity index (χ0n) is 14.8. The Morgan fingerprint density at radius 1 is 1.00 bits per heavy atom. The number of amides is 2. The van der Waals surface area contributed by atoms with Crippen LogP contribution in [0.2, 0.25) is 0 Å². The quantitative estimate of drug-likeness (QED) is 0.859. The second kappa shape index (κ2) is 7.55. The molecular weight excluding hydrogens is 316 g/mol. The first-order valence-electron chi connectivity index (χ1n) is 8.79. The molecule has 25 heavy (non-hydrogen) atoms. The van der Waals surface area contributed by atoms with Crippen LogP contribution in [0.15, 0.2) is 46.9 Å². The Morgan fingerprint density at radius 3 is 2.20 bits per heavy atom. The maximum Gasteiger partial charge on any atom is 0.289 e. The van der Waals surface area contributed by atoms with Crippen LogP contribution in [0.5, 0.6) is 0 Å². The summed E-state index contributed by atoms with van der Waals surface area (Å²) in [5.74, 6) is 1.03. The van der Waals surface area contributed by atoms with Gasteiger partial charge in [-0.2, -0.15) is 0 Å². The minimum atomic E-state index is -0.115. The van der Waals surface area contributed by atoms with E-state index in [-0.39, 0.29) is 17.7 Å². The van der Waals surface area contributed by atoms with Crippen molar-refractivity contribution >= 4 is 11.8 Å². The maximum absolute atomic E-state index is 12.9. The molecule has 0 aliphatic carbocycles. The number of piperazine rings is 1. The van der Waals surface area contributed by atoms with E-state index >= 15 is 0 Å². The average molecular weight is 340 g/mol. The summed E-state index contributed by atoms with van der Waals surface area (Å²) in [5, 5.41) is 0. The van der Waals surface area contributed by atoms with Gasteiger partial charge in [-0.1, -0.05) is 37.3 Å². The fourth-order valence-electron chi connectivity index (χ4n) is 3.29. The van der Waals surface area contributed by atoms with Crippen LogP contribution in [0.3, 0.4) is 0 Å². The van der Waals surface area contributed by atoms with E-state index in [1.54, 1.807) is 17.0 Å². The van der Waals surface area contributed by atoms with Crippen molar-refractivity contribution in [3.8, 4) is 0 Å². The molecule has 1 aliphatic rings. The molecule has 2 heterocycles. The minimum absolute atomic E-state index is 0.102. The number of hydrogen-bond donors (Lipinski definition) is 0. The monoisotopic (exact) mass is 340 g/mol. The van der Waals surface area contributed by atoms with Gasteiger partial charge < -0.3 is 14.2 Å². The summed E-state index contributed by atoms with van der Waals surface area (Å²) in [5.41, 5.74) is 1.06. The van der Waals surface area contributed by atoms with Crippen molar-refractivity contribution in [2.24, 2.45) is 0 Å². The van der Waals surface area contributed by atoms with Gasteiger partial charge in [-0.3, -0.25) is 9.59 Å². The summed E-state index contributed by atoms with van der Waals surface area (Å²) >= 11 is 0. The molecule has 1 aliphatic heterocycles. The van der Waals surface area contributed by atoms with Crippen LogP contribution in [-0.2, 0) is 4.79 Å². The maximum atomic E-state index is 12.9. The molecule has 0 N–H and O–H groups in total. The highest BCUT2D eigenvalue weighted by molar-refractivity contribution is 5.92. The summed E-state index contributed by atoms with van der Waals surface area (Å²) < 4.78 is 5.41. The molecule has 0 saturated carbocycles. The number of carbonyl (C=O) groups is 2. The second-order valence-electron chi connectivity index (χ2n) is 6.40. The summed E-state index contributed by atoms with van der Waals surface area (Å²) in [4.78, 5) is 28.9. The molecule has 0 bridgehead atoms. The topological polar surface area (TPSA) is 53.8 Å². The Bertz CT molecular complexity index is 730. The Hall–Kier alpha value is -2.56. The van der Waals surface area contributed by atoms with Crippen molar-refractivity contribution in [2.75, 3.05) is 26.2 Å². The van der Waals surface area contributed by atoms with Gasteiger partial charge in [0, 0.05) is 26.2 Å². The third-order valence-corrected chi connectivity index (χ3v) is 4.74. The molecule has 5 nitrogen and oxygen atoms in total. The lowest BCUT2D eigenvalue weighted by atomic mass is 9.95. The predicted molar refractivity (Wildman–Crippen MR) is 95.4 cm³/mol. The van der Waals surface area contributed by atoms with E-state index in [9.17, 15) is 9.59 Å². The smallest absolute Gasteiger partial charge is 0.289 e. The third-order valence-electron chi connectivity index (χ3n) is 4.74. The van der Waals surface area contributed by atoms with Crippen molar-refractivity contribution in [3.05, 3.63) is 59.5 Å². The van der Waals surface area contributed by atoms with E-state index in [4.69, 9.17) is 4.42 Å². The van der Waals surface area contributed by atoms with Crippen molar-refractivity contribution in [2.45, 2.75) is 26.2 Å². The van der Waals surface area contributed by atoms with Gasteiger partial charge >= 0.3 is 0 Å². The number of aryl methyl sites for hydroxylation is 1. The zero-order chi connectivity index (χ0) is 17.8. The van der Waals surface area contributed by atoms with Crippen molar-refractivity contribution in [3.63, 3.8) is 0 Å². The highest BCUT2D eigenvalue weighted by atomic mass is 16.3. The van der Waals surface area contributed by atoms with Crippen LogP contribution in [0.1, 0.15) is 41.1 Å². The number of carbonyl (C=O) groups excluding carboxylic acids is 2. The van der Waals surface area contributed by atoms with Gasteiger partial charge in [-0.25, -0.2) is 0 Å². The molecule has 0 spiro atoms. The zero-order valence-corrected chi connectivity index (χ0v) is 14.8.